The topological polar surface area (TPSA) is 12.0 Å². The van der Waals surface area contributed by atoms with Gasteiger partial charge in [0, 0.05) is 11.6 Å². The zero-order valence-corrected chi connectivity index (χ0v) is 9.74. The summed E-state index contributed by atoms with van der Waals surface area (Å²) in [6.45, 7) is 3.56. The van der Waals surface area contributed by atoms with Gasteiger partial charge in [-0.15, -0.1) is 0 Å². The van der Waals surface area contributed by atoms with E-state index in [1.807, 2.05) is 13.8 Å². The van der Waals surface area contributed by atoms with Gasteiger partial charge in [0.15, 0.2) is 0 Å². The van der Waals surface area contributed by atoms with Crippen LogP contribution in [0.4, 0.5) is 17.6 Å². The van der Waals surface area contributed by atoms with E-state index in [2.05, 4.69) is 5.32 Å². The van der Waals surface area contributed by atoms with Gasteiger partial charge in [-0.3, -0.25) is 0 Å². The summed E-state index contributed by atoms with van der Waals surface area (Å²) >= 11 is 0. The highest BCUT2D eigenvalue weighted by Crippen LogP contribution is 2.28. The van der Waals surface area contributed by atoms with Crippen LogP contribution in [0.1, 0.15) is 19.4 Å². The summed E-state index contributed by atoms with van der Waals surface area (Å²) in [5.41, 5.74) is -0.647. The van der Waals surface area contributed by atoms with Gasteiger partial charge >= 0.3 is 0 Å². The first-order valence-corrected chi connectivity index (χ1v) is 5.36. The Hall–Kier alpha value is -1.10. The third-order valence-corrected chi connectivity index (χ3v) is 2.18. The molecule has 0 aliphatic carbocycles. The summed E-state index contributed by atoms with van der Waals surface area (Å²) in [4.78, 5) is 0. The van der Waals surface area contributed by atoms with E-state index in [9.17, 15) is 17.6 Å². The van der Waals surface area contributed by atoms with Crippen molar-refractivity contribution >= 4 is 0 Å². The monoisotopic (exact) mass is 249 g/mol. The minimum atomic E-state index is -3.28. The maximum Gasteiger partial charge on any atom is 0.285 e. The molecule has 0 unspecified atom stereocenters. The normalized spacial score (nSPS) is 12.2. The summed E-state index contributed by atoms with van der Waals surface area (Å²) in [6.07, 6.45) is 0. The van der Waals surface area contributed by atoms with Crippen LogP contribution < -0.4 is 5.32 Å². The largest absolute Gasteiger partial charge is 0.311 e. The molecule has 0 amide bonds. The second-order valence-corrected chi connectivity index (χ2v) is 4.39. The van der Waals surface area contributed by atoms with Crippen LogP contribution in [0.25, 0.3) is 0 Å². The molecule has 0 aliphatic rings. The lowest BCUT2D eigenvalue weighted by Gasteiger charge is -2.18. The molecule has 0 heterocycles. The van der Waals surface area contributed by atoms with E-state index in [1.165, 1.54) is 0 Å². The first kappa shape index (κ1) is 14.0. The lowest BCUT2D eigenvalue weighted by molar-refractivity contribution is -0.00412. The molecular weight excluding hydrogens is 234 g/mol. The van der Waals surface area contributed by atoms with E-state index in [4.69, 9.17) is 0 Å². The number of halogens is 4. The summed E-state index contributed by atoms with van der Waals surface area (Å²) in [6, 6.07) is 1.88. The molecular formula is C12H15F4N. The fourth-order valence-corrected chi connectivity index (χ4v) is 1.38. The van der Waals surface area contributed by atoms with Crippen molar-refractivity contribution in [3.05, 3.63) is 35.4 Å². The van der Waals surface area contributed by atoms with Crippen molar-refractivity contribution < 1.29 is 17.6 Å². The first-order valence-electron chi connectivity index (χ1n) is 5.36. The zero-order chi connectivity index (χ0) is 13.1. The Morgan fingerprint density at radius 3 is 2.12 bits per heavy atom. The number of nitrogens with one attached hydrogen (secondary N) is 1. The molecule has 1 rings (SSSR count). The van der Waals surface area contributed by atoms with E-state index in [0.717, 1.165) is 0 Å². The van der Waals surface area contributed by atoms with E-state index >= 15 is 0 Å². The molecule has 0 saturated carbocycles. The van der Waals surface area contributed by atoms with Gasteiger partial charge < -0.3 is 5.32 Å². The van der Waals surface area contributed by atoms with Gasteiger partial charge in [0.2, 0.25) is 0 Å². The Morgan fingerprint density at radius 1 is 1.12 bits per heavy atom. The van der Waals surface area contributed by atoms with Crippen LogP contribution in [-0.2, 0) is 5.92 Å². The minimum absolute atomic E-state index is 0.232. The van der Waals surface area contributed by atoms with Crippen molar-refractivity contribution in [3.63, 3.8) is 0 Å². The second-order valence-electron chi connectivity index (χ2n) is 4.39. The Labute approximate surface area is 97.8 Å². The molecule has 0 saturated heterocycles. The molecule has 0 radical (unpaired) electrons. The number of benzene rings is 1. The van der Waals surface area contributed by atoms with Crippen molar-refractivity contribution in [2.24, 2.45) is 5.92 Å². The van der Waals surface area contributed by atoms with Crippen LogP contribution in [-0.4, -0.2) is 13.1 Å². The molecule has 17 heavy (non-hydrogen) atoms. The summed E-state index contributed by atoms with van der Waals surface area (Å²) in [5, 5.41) is 2.57. The fourth-order valence-electron chi connectivity index (χ4n) is 1.38. The molecule has 0 spiro atoms. The van der Waals surface area contributed by atoms with E-state index < -0.39 is 29.7 Å². The lowest BCUT2D eigenvalue weighted by atomic mass is 10.1. The van der Waals surface area contributed by atoms with Crippen LogP contribution in [0.5, 0.6) is 0 Å². The van der Waals surface area contributed by atoms with E-state index in [0.29, 0.717) is 24.7 Å². The Morgan fingerprint density at radius 2 is 1.65 bits per heavy atom. The maximum absolute atomic E-state index is 13.6. The van der Waals surface area contributed by atoms with Crippen LogP contribution in [0.15, 0.2) is 18.2 Å². The SMILES string of the molecule is CC(C)CNCC(F)(F)c1cc(F)cc(F)c1. The van der Waals surface area contributed by atoms with Gasteiger partial charge in [0.1, 0.15) is 11.6 Å². The van der Waals surface area contributed by atoms with Gasteiger partial charge in [-0.2, -0.15) is 8.78 Å². The highest BCUT2D eigenvalue weighted by Gasteiger charge is 2.32. The molecule has 0 atom stereocenters. The maximum atomic E-state index is 13.6. The van der Waals surface area contributed by atoms with Gasteiger partial charge in [-0.1, -0.05) is 13.8 Å². The molecule has 1 N–H and O–H groups in total. The van der Waals surface area contributed by atoms with Crippen LogP contribution >= 0.6 is 0 Å². The molecule has 1 nitrogen and oxygen atoms in total. The molecule has 0 fully saturated rings. The summed E-state index contributed by atoms with van der Waals surface area (Å²) in [5.74, 6) is -5.04. The molecule has 1 aromatic carbocycles. The number of hydrogen-bond acceptors (Lipinski definition) is 1. The van der Waals surface area contributed by atoms with Crippen molar-refractivity contribution in [3.8, 4) is 0 Å². The predicted molar refractivity (Wildman–Crippen MR) is 58.0 cm³/mol. The standard InChI is InChI=1S/C12H15F4N/c1-8(2)6-17-7-12(15,16)9-3-10(13)5-11(14)4-9/h3-5,8,17H,6-7H2,1-2H3. The number of rotatable bonds is 5. The highest BCUT2D eigenvalue weighted by molar-refractivity contribution is 5.22. The van der Waals surface area contributed by atoms with Crippen LogP contribution in [0, 0.1) is 17.6 Å². The lowest BCUT2D eigenvalue weighted by Crippen LogP contribution is -2.33. The van der Waals surface area contributed by atoms with Gasteiger partial charge in [0.25, 0.3) is 5.92 Å². The third-order valence-electron chi connectivity index (χ3n) is 2.18. The number of alkyl halides is 2. The molecule has 0 bridgehead atoms. The van der Waals surface area contributed by atoms with Crippen LogP contribution in [0.3, 0.4) is 0 Å². The Kier molecular flexibility index (Phi) is 4.51. The third kappa shape index (κ3) is 4.34. The summed E-state index contributed by atoms with van der Waals surface area (Å²) < 4.78 is 52.8. The molecule has 0 aromatic heterocycles. The van der Waals surface area contributed by atoms with E-state index in [1.54, 1.807) is 0 Å². The minimum Gasteiger partial charge on any atom is -0.311 e. The average Bonchev–Trinajstić information content (AvgIpc) is 2.14. The smallest absolute Gasteiger partial charge is 0.285 e. The average molecular weight is 249 g/mol. The van der Waals surface area contributed by atoms with Crippen molar-refractivity contribution in [2.75, 3.05) is 13.1 Å². The first-order chi connectivity index (χ1) is 7.81. The van der Waals surface area contributed by atoms with Gasteiger partial charge in [-0.05, 0) is 24.6 Å². The molecule has 96 valence electrons. The van der Waals surface area contributed by atoms with Gasteiger partial charge in [-0.25, -0.2) is 8.78 Å². The highest BCUT2D eigenvalue weighted by atomic mass is 19.3. The van der Waals surface area contributed by atoms with E-state index in [-0.39, 0.29) is 5.92 Å². The Bertz CT molecular complexity index is 357. The van der Waals surface area contributed by atoms with Crippen molar-refractivity contribution in [1.82, 2.24) is 5.32 Å². The number of hydrogen-bond donors (Lipinski definition) is 1. The molecule has 1 aromatic rings. The van der Waals surface area contributed by atoms with Crippen molar-refractivity contribution in [2.45, 2.75) is 19.8 Å². The zero-order valence-electron chi connectivity index (χ0n) is 9.74. The van der Waals surface area contributed by atoms with Crippen molar-refractivity contribution in [1.29, 1.82) is 0 Å². The second kappa shape index (κ2) is 5.49. The van der Waals surface area contributed by atoms with Crippen LogP contribution in [0.2, 0.25) is 0 Å². The quantitative estimate of drug-likeness (QED) is 0.789. The fraction of sp³-hybridized carbons (Fsp3) is 0.500. The van der Waals surface area contributed by atoms with Gasteiger partial charge in [0.05, 0.1) is 6.54 Å². The Balaban J connectivity index is 2.74. The molecule has 0 aliphatic heterocycles. The molecule has 5 heteroatoms. The predicted octanol–water partition coefficient (Wildman–Crippen LogP) is 3.30. The summed E-state index contributed by atoms with van der Waals surface area (Å²) in [7, 11) is 0.